The first-order chi connectivity index (χ1) is 9.99. The molecule has 0 atom stereocenters. The van der Waals surface area contributed by atoms with E-state index in [9.17, 15) is 4.79 Å². The Hall–Kier alpha value is -1.71. The Bertz CT molecular complexity index is 743. The summed E-state index contributed by atoms with van der Waals surface area (Å²) in [5.41, 5.74) is 3.31. The molecule has 0 N–H and O–H groups in total. The molecule has 108 valence electrons. The first-order valence-corrected chi connectivity index (χ1v) is 7.23. The number of benzene rings is 2. The molecule has 5 heteroatoms. The van der Waals surface area contributed by atoms with Gasteiger partial charge in [0, 0.05) is 18.2 Å². The second-order valence-corrected chi connectivity index (χ2v) is 5.76. The summed E-state index contributed by atoms with van der Waals surface area (Å²) in [7, 11) is 1.71. The van der Waals surface area contributed by atoms with Gasteiger partial charge in [0.1, 0.15) is 5.75 Å². The van der Waals surface area contributed by atoms with Crippen LogP contribution in [0.5, 0.6) is 5.75 Å². The van der Waals surface area contributed by atoms with Gasteiger partial charge in [0.2, 0.25) is 0 Å². The molecule has 0 unspecified atom stereocenters. The zero-order valence-corrected chi connectivity index (χ0v) is 13.1. The van der Waals surface area contributed by atoms with Crippen LogP contribution >= 0.6 is 23.2 Å². The Morgan fingerprint density at radius 2 is 1.95 bits per heavy atom. The highest BCUT2D eigenvalue weighted by Crippen LogP contribution is 2.42. The zero-order chi connectivity index (χ0) is 15.1. The minimum absolute atomic E-state index is 0.0339. The van der Waals surface area contributed by atoms with Gasteiger partial charge in [-0.2, -0.15) is 0 Å². The van der Waals surface area contributed by atoms with Gasteiger partial charge in [0.15, 0.2) is 6.61 Å². The van der Waals surface area contributed by atoms with Gasteiger partial charge < -0.3 is 9.64 Å². The first-order valence-electron chi connectivity index (χ1n) is 6.47. The smallest absolute Gasteiger partial charge is 0.264 e. The summed E-state index contributed by atoms with van der Waals surface area (Å²) in [5, 5.41) is 1.20. The zero-order valence-electron chi connectivity index (χ0n) is 11.6. The quantitative estimate of drug-likeness (QED) is 0.782. The Balaban J connectivity index is 2.18. The van der Waals surface area contributed by atoms with Crippen molar-refractivity contribution in [2.75, 3.05) is 18.6 Å². The molecule has 0 radical (unpaired) electrons. The molecular formula is C16H13Cl2NO2. The summed E-state index contributed by atoms with van der Waals surface area (Å²) in [6.45, 7) is 1.98. The van der Waals surface area contributed by atoms with Crippen LogP contribution in [-0.4, -0.2) is 19.6 Å². The van der Waals surface area contributed by atoms with Gasteiger partial charge in [-0.15, -0.1) is 0 Å². The molecule has 1 amide bonds. The van der Waals surface area contributed by atoms with Crippen molar-refractivity contribution in [1.29, 1.82) is 0 Å². The topological polar surface area (TPSA) is 29.5 Å². The molecule has 3 nitrogen and oxygen atoms in total. The number of aryl methyl sites for hydroxylation is 1. The number of anilines is 1. The van der Waals surface area contributed by atoms with Gasteiger partial charge in [-0.05, 0) is 24.6 Å². The summed E-state index contributed by atoms with van der Waals surface area (Å²) in [4.78, 5) is 13.2. The lowest BCUT2D eigenvalue weighted by Crippen LogP contribution is -2.35. The number of nitrogens with zero attached hydrogens (tertiary/aromatic N) is 1. The number of hydrogen-bond donors (Lipinski definition) is 0. The van der Waals surface area contributed by atoms with Crippen LogP contribution in [0.1, 0.15) is 5.56 Å². The van der Waals surface area contributed by atoms with Crippen molar-refractivity contribution in [3.63, 3.8) is 0 Å². The lowest BCUT2D eigenvalue weighted by atomic mass is 10.0. The Morgan fingerprint density at radius 1 is 1.19 bits per heavy atom. The van der Waals surface area contributed by atoms with Gasteiger partial charge >= 0.3 is 0 Å². The van der Waals surface area contributed by atoms with Crippen LogP contribution < -0.4 is 9.64 Å². The summed E-state index contributed by atoms with van der Waals surface area (Å²) in [5.74, 6) is 0.536. The normalized spacial score (nSPS) is 13.9. The van der Waals surface area contributed by atoms with E-state index in [4.69, 9.17) is 27.9 Å². The summed E-state index contributed by atoms with van der Waals surface area (Å²) < 4.78 is 5.50. The molecule has 3 rings (SSSR count). The molecule has 0 bridgehead atoms. The van der Waals surface area contributed by atoms with Crippen LogP contribution in [0.2, 0.25) is 10.0 Å². The van der Waals surface area contributed by atoms with Crippen LogP contribution in [0.15, 0.2) is 30.3 Å². The molecule has 1 aliphatic heterocycles. The van der Waals surface area contributed by atoms with Crippen molar-refractivity contribution in [3.8, 4) is 16.9 Å². The fourth-order valence-electron chi connectivity index (χ4n) is 2.35. The summed E-state index contributed by atoms with van der Waals surface area (Å²) >= 11 is 12.8. The van der Waals surface area contributed by atoms with Gasteiger partial charge in [-0.25, -0.2) is 0 Å². The lowest BCUT2D eigenvalue weighted by Gasteiger charge is -2.27. The molecule has 0 saturated carbocycles. The number of ether oxygens (including phenoxy) is 1. The number of carbonyl (C=O) groups is 1. The fraction of sp³-hybridized carbons (Fsp3) is 0.188. The lowest BCUT2D eigenvalue weighted by molar-refractivity contribution is -0.120. The summed E-state index contributed by atoms with van der Waals surface area (Å²) in [6.07, 6.45) is 0. The Labute approximate surface area is 133 Å². The van der Waals surface area contributed by atoms with Crippen molar-refractivity contribution in [1.82, 2.24) is 0 Å². The standard InChI is InChI=1S/C16H13Cl2NO2/c1-9-4-3-5-10(16(9)18)11-6-14-13(7-12(11)17)19(2)15(20)8-21-14/h3-7H,8H2,1-2H3. The molecule has 2 aromatic carbocycles. The molecule has 0 fully saturated rings. The monoisotopic (exact) mass is 321 g/mol. The predicted molar refractivity (Wildman–Crippen MR) is 85.5 cm³/mol. The largest absolute Gasteiger partial charge is 0.482 e. The van der Waals surface area contributed by atoms with Gasteiger partial charge in [-0.1, -0.05) is 41.4 Å². The maximum atomic E-state index is 11.7. The molecule has 0 aliphatic carbocycles. The minimum atomic E-state index is -0.0973. The maximum Gasteiger partial charge on any atom is 0.264 e. The van der Waals surface area contributed by atoms with Crippen LogP contribution in [0.4, 0.5) is 5.69 Å². The van der Waals surface area contributed by atoms with Crippen LogP contribution in [0, 0.1) is 6.92 Å². The third-order valence-corrected chi connectivity index (χ3v) is 4.43. The average molecular weight is 322 g/mol. The van der Waals surface area contributed by atoms with E-state index in [2.05, 4.69) is 0 Å². The second-order valence-electron chi connectivity index (χ2n) is 4.98. The number of fused-ring (bicyclic) bond motifs is 1. The third-order valence-electron chi connectivity index (χ3n) is 3.62. The predicted octanol–water partition coefficient (Wildman–Crippen LogP) is 4.32. The maximum absolute atomic E-state index is 11.7. The van der Waals surface area contributed by atoms with E-state index in [-0.39, 0.29) is 12.5 Å². The number of hydrogen-bond acceptors (Lipinski definition) is 2. The van der Waals surface area contributed by atoms with Crippen LogP contribution in [0.25, 0.3) is 11.1 Å². The van der Waals surface area contributed by atoms with Crippen molar-refractivity contribution < 1.29 is 9.53 Å². The first kappa shape index (κ1) is 14.2. The molecule has 0 aromatic heterocycles. The molecule has 0 spiro atoms. The second kappa shape index (κ2) is 5.24. The van der Waals surface area contributed by atoms with E-state index in [0.717, 1.165) is 16.7 Å². The highest BCUT2D eigenvalue weighted by atomic mass is 35.5. The third kappa shape index (κ3) is 2.37. The van der Waals surface area contributed by atoms with E-state index < -0.39 is 0 Å². The molecule has 2 aromatic rings. The molecule has 0 saturated heterocycles. The van der Waals surface area contributed by atoms with Crippen molar-refractivity contribution in [2.45, 2.75) is 6.92 Å². The Kier molecular flexibility index (Phi) is 3.56. The van der Waals surface area contributed by atoms with Crippen molar-refractivity contribution >= 4 is 34.8 Å². The van der Waals surface area contributed by atoms with E-state index in [0.29, 0.717) is 21.5 Å². The highest BCUT2D eigenvalue weighted by Gasteiger charge is 2.24. The number of amides is 1. The fourth-order valence-corrected chi connectivity index (χ4v) is 2.84. The molecule has 1 heterocycles. The summed E-state index contributed by atoms with van der Waals surface area (Å²) in [6, 6.07) is 9.37. The highest BCUT2D eigenvalue weighted by molar-refractivity contribution is 6.37. The number of rotatable bonds is 1. The van der Waals surface area contributed by atoms with Gasteiger partial charge in [0.25, 0.3) is 5.91 Å². The van der Waals surface area contributed by atoms with Crippen molar-refractivity contribution in [3.05, 3.63) is 45.9 Å². The SMILES string of the molecule is Cc1cccc(-c2cc3c(cc2Cl)N(C)C(=O)CO3)c1Cl. The molecule has 21 heavy (non-hydrogen) atoms. The minimum Gasteiger partial charge on any atom is -0.482 e. The van der Waals surface area contributed by atoms with E-state index in [1.165, 1.54) is 0 Å². The number of likely N-dealkylation sites (N-methyl/N-ethyl adjacent to an activating group) is 1. The Morgan fingerprint density at radius 3 is 2.71 bits per heavy atom. The van der Waals surface area contributed by atoms with E-state index in [1.54, 1.807) is 18.0 Å². The average Bonchev–Trinajstić information content (AvgIpc) is 2.46. The van der Waals surface area contributed by atoms with Gasteiger partial charge in [0.05, 0.1) is 15.7 Å². The van der Waals surface area contributed by atoms with E-state index >= 15 is 0 Å². The number of halogens is 2. The van der Waals surface area contributed by atoms with Crippen LogP contribution in [0.3, 0.4) is 0 Å². The van der Waals surface area contributed by atoms with Gasteiger partial charge in [-0.3, -0.25) is 4.79 Å². The molecule has 1 aliphatic rings. The van der Waals surface area contributed by atoms with Crippen LogP contribution in [-0.2, 0) is 4.79 Å². The van der Waals surface area contributed by atoms with E-state index in [1.807, 2.05) is 31.2 Å². The number of carbonyl (C=O) groups excluding carboxylic acids is 1. The molecular weight excluding hydrogens is 309 g/mol. The van der Waals surface area contributed by atoms with Crippen molar-refractivity contribution in [2.24, 2.45) is 0 Å².